The minimum absolute atomic E-state index is 0.0191. The summed E-state index contributed by atoms with van der Waals surface area (Å²) in [6.45, 7) is 0. The predicted octanol–water partition coefficient (Wildman–Crippen LogP) is 5.50. The van der Waals surface area contributed by atoms with E-state index in [4.69, 9.17) is 5.10 Å². The molecule has 0 aliphatic carbocycles. The van der Waals surface area contributed by atoms with Crippen LogP contribution in [0.5, 0.6) is 0 Å². The summed E-state index contributed by atoms with van der Waals surface area (Å²) >= 11 is 1.63. The minimum atomic E-state index is -0.0191. The summed E-state index contributed by atoms with van der Waals surface area (Å²) in [5, 5.41) is 8.83. The lowest BCUT2D eigenvalue weighted by molar-refractivity contribution is 0.104. The summed E-state index contributed by atoms with van der Waals surface area (Å²) < 4.78 is 1.85. The van der Waals surface area contributed by atoms with Gasteiger partial charge in [0.25, 0.3) is 0 Å². The number of thiophene rings is 1. The molecular formula is C22H16N2OS. The molecule has 126 valence electrons. The zero-order valence-electron chi connectivity index (χ0n) is 13.9. The van der Waals surface area contributed by atoms with E-state index in [2.05, 4.69) is 5.38 Å². The molecular weight excluding hydrogens is 340 g/mol. The normalized spacial score (nSPS) is 11.1. The van der Waals surface area contributed by atoms with Crippen molar-refractivity contribution in [3.8, 4) is 16.9 Å². The van der Waals surface area contributed by atoms with Crippen LogP contribution >= 0.6 is 11.3 Å². The highest BCUT2D eigenvalue weighted by Gasteiger charge is 2.11. The first kappa shape index (κ1) is 16.2. The lowest BCUT2D eigenvalue weighted by Gasteiger charge is -1.99. The molecule has 0 spiro atoms. The zero-order chi connectivity index (χ0) is 17.8. The number of carbonyl (C=O) groups excluding carboxylic acids is 1. The van der Waals surface area contributed by atoms with Gasteiger partial charge in [-0.15, -0.1) is 0 Å². The number of aromatic nitrogens is 2. The van der Waals surface area contributed by atoms with Crippen LogP contribution in [0.25, 0.3) is 23.0 Å². The Morgan fingerprint density at radius 1 is 0.962 bits per heavy atom. The minimum Gasteiger partial charge on any atom is -0.289 e. The maximum Gasteiger partial charge on any atom is 0.185 e. The van der Waals surface area contributed by atoms with Crippen LogP contribution in [0, 0.1) is 0 Å². The SMILES string of the molecule is O=C(/C=C/c1cn(-c2ccccc2)nc1-c1ccsc1)c1ccccc1. The molecule has 0 atom stereocenters. The Balaban J connectivity index is 1.71. The largest absolute Gasteiger partial charge is 0.289 e. The second-order valence-electron chi connectivity index (χ2n) is 5.79. The summed E-state index contributed by atoms with van der Waals surface area (Å²) in [5.41, 5.74) is 4.49. The summed E-state index contributed by atoms with van der Waals surface area (Å²) in [6.07, 6.45) is 5.41. The molecule has 0 saturated carbocycles. The lowest BCUT2D eigenvalue weighted by atomic mass is 10.1. The maximum absolute atomic E-state index is 12.4. The topological polar surface area (TPSA) is 34.9 Å². The van der Waals surface area contributed by atoms with Gasteiger partial charge in [-0.25, -0.2) is 4.68 Å². The van der Waals surface area contributed by atoms with Crippen molar-refractivity contribution < 1.29 is 4.79 Å². The van der Waals surface area contributed by atoms with E-state index in [0.29, 0.717) is 5.56 Å². The molecule has 0 saturated heterocycles. The summed E-state index contributed by atoms with van der Waals surface area (Å²) in [7, 11) is 0. The van der Waals surface area contributed by atoms with Crippen LogP contribution < -0.4 is 0 Å². The molecule has 2 aromatic heterocycles. The van der Waals surface area contributed by atoms with Crippen LogP contribution in [0.3, 0.4) is 0 Å². The van der Waals surface area contributed by atoms with Gasteiger partial charge >= 0.3 is 0 Å². The van der Waals surface area contributed by atoms with Gasteiger partial charge in [-0.1, -0.05) is 48.5 Å². The number of nitrogens with zero attached hydrogens (tertiary/aromatic N) is 2. The average molecular weight is 356 g/mol. The van der Waals surface area contributed by atoms with Gasteiger partial charge in [-0.05, 0) is 35.7 Å². The molecule has 4 aromatic rings. The summed E-state index contributed by atoms with van der Waals surface area (Å²) in [6, 6.07) is 21.3. The van der Waals surface area contributed by atoms with Crippen molar-refractivity contribution in [3.05, 3.63) is 101 Å². The van der Waals surface area contributed by atoms with Crippen molar-refractivity contribution in [1.82, 2.24) is 9.78 Å². The third-order valence-corrected chi connectivity index (χ3v) is 4.71. The van der Waals surface area contributed by atoms with E-state index in [9.17, 15) is 4.79 Å². The Hall–Kier alpha value is -3.24. The molecule has 0 bridgehead atoms. The van der Waals surface area contributed by atoms with E-state index in [1.54, 1.807) is 17.4 Å². The van der Waals surface area contributed by atoms with Crippen molar-refractivity contribution in [2.75, 3.05) is 0 Å². The molecule has 4 heteroatoms. The zero-order valence-corrected chi connectivity index (χ0v) is 14.8. The number of benzene rings is 2. The van der Waals surface area contributed by atoms with E-state index in [1.165, 1.54) is 0 Å². The quantitative estimate of drug-likeness (QED) is 0.350. The Bertz CT molecular complexity index is 1030. The van der Waals surface area contributed by atoms with E-state index in [1.807, 2.05) is 89.1 Å². The van der Waals surface area contributed by atoms with Gasteiger partial charge in [0, 0.05) is 28.3 Å². The third-order valence-electron chi connectivity index (χ3n) is 4.03. The predicted molar refractivity (Wildman–Crippen MR) is 107 cm³/mol. The number of para-hydroxylation sites is 1. The summed E-state index contributed by atoms with van der Waals surface area (Å²) in [4.78, 5) is 12.4. The average Bonchev–Trinajstić information content (AvgIpc) is 3.37. The van der Waals surface area contributed by atoms with Gasteiger partial charge in [0.1, 0.15) is 5.69 Å². The van der Waals surface area contributed by atoms with Crippen molar-refractivity contribution in [3.63, 3.8) is 0 Å². The number of allylic oxidation sites excluding steroid dienone is 1. The van der Waals surface area contributed by atoms with Crippen molar-refractivity contribution in [1.29, 1.82) is 0 Å². The van der Waals surface area contributed by atoms with Crippen molar-refractivity contribution in [2.45, 2.75) is 0 Å². The molecule has 4 rings (SSSR count). The molecule has 0 aliphatic rings. The van der Waals surface area contributed by atoms with Gasteiger partial charge in [0.2, 0.25) is 0 Å². The van der Waals surface area contributed by atoms with Crippen LogP contribution in [0.2, 0.25) is 0 Å². The molecule has 0 amide bonds. The number of rotatable bonds is 5. The molecule has 3 nitrogen and oxygen atoms in total. The third kappa shape index (κ3) is 3.41. The molecule has 0 N–H and O–H groups in total. The van der Waals surface area contributed by atoms with Crippen LogP contribution in [0.4, 0.5) is 0 Å². The maximum atomic E-state index is 12.4. The molecule has 0 unspecified atom stereocenters. The van der Waals surface area contributed by atoms with E-state index in [0.717, 1.165) is 22.5 Å². The Morgan fingerprint density at radius 2 is 1.69 bits per heavy atom. The number of hydrogen-bond acceptors (Lipinski definition) is 3. The molecule has 0 fully saturated rings. The highest BCUT2D eigenvalue weighted by molar-refractivity contribution is 7.08. The lowest BCUT2D eigenvalue weighted by Crippen LogP contribution is -1.93. The smallest absolute Gasteiger partial charge is 0.185 e. The molecule has 0 aliphatic heterocycles. The van der Waals surface area contributed by atoms with Crippen LogP contribution in [-0.4, -0.2) is 15.6 Å². The van der Waals surface area contributed by atoms with Crippen LogP contribution in [0.1, 0.15) is 15.9 Å². The Labute approximate surface area is 155 Å². The molecule has 26 heavy (non-hydrogen) atoms. The molecule has 2 heterocycles. The second-order valence-corrected chi connectivity index (χ2v) is 6.57. The van der Waals surface area contributed by atoms with Gasteiger partial charge in [-0.3, -0.25) is 4.79 Å². The van der Waals surface area contributed by atoms with Gasteiger partial charge in [0.15, 0.2) is 5.78 Å². The fraction of sp³-hybridized carbons (Fsp3) is 0. The number of carbonyl (C=O) groups is 1. The fourth-order valence-electron chi connectivity index (χ4n) is 2.71. The molecule has 0 radical (unpaired) electrons. The fourth-order valence-corrected chi connectivity index (χ4v) is 3.35. The van der Waals surface area contributed by atoms with Gasteiger partial charge in [0.05, 0.1) is 5.69 Å². The molecule has 2 aromatic carbocycles. The summed E-state index contributed by atoms with van der Waals surface area (Å²) in [5.74, 6) is -0.0191. The van der Waals surface area contributed by atoms with E-state index in [-0.39, 0.29) is 5.78 Å². The van der Waals surface area contributed by atoms with E-state index >= 15 is 0 Å². The highest BCUT2D eigenvalue weighted by atomic mass is 32.1. The second kappa shape index (κ2) is 7.33. The first-order chi connectivity index (χ1) is 12.8. The van der Waals surface area contributed by atoms with Crippen molar-refractivity contribution in [2.24, 2.45) is 0 Å². The van der Waals surface area contributed by atoms with E-state index < -0.39 is 0 Å². The van der Waals surface area contributed by atoms with Gasteiger partial charge in [-0.2, -0.15) is 16.4 Å². The van der Waals surface area contributed by atoms with Crippen LogP contribution in [0.15, 0.2) is 89.8 Å². The Kier molecular flexibility index (Phi) is 4.58. The van der Waals surface area contributed by atoms with Crippen molar-refractivity contribution >= 4 is 23.2 Å². The Morgan fingerprint density at radius 3 is 2.38 bits per heavy atom. The monoisotopic (exact) mass is 356 g/mol. The highest BCUT2D eigenvalue weighted by Crippen LogP contribution is 2.26. The number of hydrogen-bond donors (Lipinski definition) is 0. The number of ketones is 1. The first-order valence-corrected chi connectivity index (χ1v) is 9.21. The first-order valence-electron chi connectivity index (χ1n) is 8.26. The standard InChI is InChI=1S/C22H16N2OS/c25-21(17-7-3-1-4-8-17)12-11-18-15-24(20-9-5-2-6-10-20)23-22(18)19-13-14-26-16-19/h1-16H/b12-11+. The van der Waals surface area contributed by atoms with Gasteiger partial charge < -0.3 is 0 Å². The van der Waals surface area contributed by atoms with Crippen LogP contribution in [-0.2, 0) is 0 Å².